The molecule has 0 saturated heterocycles. The zero-order valence-corrected chi connectivity index (χ0v) is 9.79. The smallest absolute Gasteiger partial charge is 0.393 e. The van der Waals surface area contributed by atoms with Gasteiger partial charge in [-0.05, 0) is 25.5 Å². The zero-order chi connectivity index (χ0) is 13.8. The number of hydrogen-bond donors (Lipinski definition) is 2. The van der Waals surface area contributed by atoms with Gasteiger partial charge in [-0.3, -0.25) is 4.79 Å². The number of benzene rings is 1. The second-order valence-corrected chi connectivity index (χ2v) is 3.98. The highest BCUT2D eigenvalue weighted by Gasteiger charge is 2.33. The maximum Gasteiger partial charge on any atom is 0.418 e. The lowest BCUT2D eigenvalue weighted by Crippen LogP contribution is -2.17. The van der Waals surface area contributed by atoms with Gasteiger partial charge < -0.3 is 10.4 Å². The Bertz CT molecular complexity index is 416. The standard InChI is InChI=1S/C12H14F3NO2/c1-8(17)6-7-11(18)16-10-5-3-2-4-9(10)12(13,14)15/h2-5,8,17H,6-7H2,1H3,(H,16,18). The van der Waals surface area contributed by atoms with Gasteiger partial charge in [0.15, 0.2) is 0 Å². The van der Waals surface area contributed by atoms with Gasteiger partial charge in [0.2, 0.25) is 5.91 Å². The van der Waals surface area contributed by atoms with Gasteiger partial charge in [-0.15, -0.1) is 0 Å². The Morgan fingerprint density at radius 1 is 1.39 bits per heavy atom. The normalized spacial score (nSPS) is 13.2. The Labute approximate surface area is 103 Å². The van der Waals surface area contributed by atoms with E-state index in [0.29, 0.717) is 0 Å². The van der Waals surface area contributed by atoms with E-state index < -0.39 is 23.8 Å². The predicted molar refractivity (Wildman–Crippen MR) is 61.0 cm³/mol. The quantitative estimate of drug-likeness (QED) is 0.875. The van der Waals surface area contributed by atoms with Crippen molar-refractivity contribution < 1.29 is 23.1 Å². The lowest BCUT2D eigenvalue weighted by atomic mass is 10.1. The third kappa shape index (κ3) is 4.37. The minimum absolute atomic E-state index is 0.0240. The van der Waals surface area contributed by atoms with Crippen molar-refractivity contribution in [3.63, 3.8) is 0 Å². The molecule has 3 nitrogen and oxygen atoms in total. The molecule has 0 aliphatic carbocycles. The van der Waals surface area contributed by atoms with Crippen LogP contribution in [0.5, 0.6) is 0 Å². The van der Waals surface area contributed by atoms with Crippen molar-refractivity contribution in [2.24, 2.45) is 0 Å². The summed E-state index contributed by atoms with van der Waals surface area (Å²) in [5.74, 6) is -0.549. The maximum absolute atomic E-state index is 12.6. The minimum Gasteiger partial charge on any atom is -0.393 e. The van der Waals surface area contributed by atoms with Gasteiger partial charge in [-0.2, -0.15) is 13.2 Å². The molecule has 0 aromatic heterocycles. The van der Waals surface area contributed by atoms with Crippen LogP contribution >= 0.6 is 0 Å². The number of aliphatic hydroxyl groups excluding tert-OH is 1. The number of alkyl halides is 3. The molecule has 0 spiro atoms. The van der Waals surface area contributed by atoms with Gasteiger partial charge in [0.1, 0.15) is 0 Å². The summed E-state index contributed by atoms with van der Waals surface area (Å²) in [6.07, 6.45) is -4.98. The first-order valence-corrected chi connectivity index (χ1v) is 5.45. The van der Waals surface area contributed by atoms with Crippen LogP contribution in [0.25, 0.3) is 0 Å². The van der Waals surface area contributed by atoms with E-state index in [-0.39, 0.29) is 18.5 Å². The Hall–Kier alpha value is -1.56. The Morgan fingerprint density at radius 3 is 2.56 bits per heavy atom. The number of halogens is 3. The van der Waals surface area contributed by atoms with Crippen LogP contribution in [-0.2, 0) is 11.0 Å². The van der Waals surface area contributed by atoms with Crippen LogP contribution in [-0.4, -0.2) is 17.1 Å². The van der Waals surface area contributed by atoms with Gasteiger partial charge in [0, 0.05) is 6.42 Å². The molecule has 1 amide bonds. The summed E-state index contributed by atoms with van der Waals surface area (Å²) in [5, 5.41) is 11.2. The summed E-state index contributed by atoms with van der Waals surface area (Å²) in [5.41, 5.74) is -1.14. The Balaban J connectivity index is 2.76. The number of rotatable bonds is 4. The summed E-state index contributed by atoms with van der Waals surface area (Å²) in [6.45, 7) is 1.51. The van der Waals surface area contributed by atoms with Gasteiger partial charge in [0.25, 0.3) is 0 Å². The highest BCUT2D eigenvalue weighted by Crippen LogP contribution is 2.34. The van der Waals surface area contributed by atoms with E-state index in [9.17, 15) is 18.0 Å². The molecule has 0 radical (unpaired) electrons. The largest absolute Gasteiger partial charge is 0.418 e. The zero-order valence-electron chi connectivity index (χ0n) is 9.79. The molecule has 0 fully saturated rings. The summed E-state index contributed by atoms with van der Waals surface area (Å²) >= 11 is 0. The molecule has 18 heavy (non-hydrogen) atoms. The van der Waals surface area contributed by atoms with Gasteiger partial charge in [0.05, 0.1) is 17.4 Å². The molecule has 1 atom stereocenters. The molecule has 1 unspecified atom stereocenters. The lowest BCUT2D eigenvalue weighted by Gasteiger charge is -2.13. The monoisotopic (exact) mass is 261 g/mol. The van der Waals surface area contributed by atoms with E-state index in [4.69, 9.17) is 5.11 Å². The van der Waals surface area contributed by atoms with E-state index in [1.807, 2.05) is 0 Å². The number of anilines is 1. The molecule has 100 valence electrons. The molecular formula is C12H14F3NO2. The first-order valence-electron chi connectivity index (χ1n) is 5.45. The fourth-order valence-electron chi connectivity index (χ4n) is 1.39. The third-order valence-electron chi connectivity index (χ3n) is 2.30. The first kappa shape index (κ1) is 14.5. The van der Waals surface area contributed by atoms with Crippen LogP contribution in [0.15, 0.2) is 24.3 Å². The Morgan fingerprint density at radius 2 is 2.00 bits per heavy atom. The molecule has 0 bridgehead atoms. The number of hydrogen-bond acceptors (Lipinski definition) is 2. The molecule has 0 saturated carbocycles. The highest BCUT2D eigenvalue weighted by molar-refractivity contribution is 5.91. The molecule has 6 heteroatoms. The predicted octanol–water partition coefficient (Wildman–Crippen LogP) is 2.80. The fraction of sp³-hybridized carbons (Fsp3) is 0.417. The van der Waals surface area contributed by atoms with Crippen LogP contribution in [0.1, 0.15) is 25.3 Å². The molecule has 0 aliphatic heterocycles. The molecule has 1 aromatic carbocycles. The highest BCUT2D eigenvalue weighted by atomic mass is 19.4. The number of nitrogens with one attached hydrogen (secondary N) is 1. The summed E-state index contributed by atoms with van der Waals surface area (Å²) < 4.78 is 37.9. The summed E-state index contributed by atoms with van der Waals surface area (Å²) in [4.78, 5) is 11.4. The van der Waals surface area contributed by atoms with E-state index in [1.165, 1.54) is 25.1 Å². The van der Waals surface area contributed by atoms with Crippen LogP contribution in [0, 0.1) is 0 Å². The second-order valence-electron chi connectivity index (χ2n) is 3.98. The van der Waals surface area contributed by atoms with E-state index >= 15 is 0 Å². The van der Waals surface area contributed by atoms with Crippen LogP contribution in [0.2, 0.25) is 0 Å². The van der Waals surface area contributed by atoms with Crippen LogP contribution < -0.4 is 5.32 Å². The number of aliphatic hydroxyl groups is 1. The average Bonchev–Trinajstić information content (AvgIpc) is 2.25. The third-order valence-corrected chi connectivity index (χ3v) is 2.30. The van der Waals surface area contributed by atoms with Gasteiger partial charge in [-0.1, -0.05) is 12.1 Å². The van der Waals surface area contributed by atoms with E-state index in [1.54, 1.807) is 0 Å². The van der Waals surface area contributed by atoms with Crippen molar-refractivity contribution in [2.45, 2.75) is 32.0 Å². The van der Waals surface area contributed by atoms with Crippen molar-refractivity contribution >= 4 is 11.6 Å². The van der Waals surface area contributed by atoms with Crippen molar-refractivity contribution in [1.82, 2.24) is 0 Å². The molecular weight excluding hydrogens is 247 g/mol. The van der Waals surface area contributed by atoms with Crippen LogP contribution in [0.3, 0.4) is 0 Å². The van der Waals surface area contributed by atoms with Crippen molar-refractivity contribution in [2.75, 3.05) is 5.32 Å². The van der Waals surface area contributed by atoms with Gasteiger partial charge in [-0.25, -0.2) is 0 Å². The number of amides is 1. The molecule has 2 N–H and O–H groups in total. The van der Waals surface area contributed by atoms with Crippen molar-refractivity contribution in [3.05, 3.63) is 29.8 Å². The first-order chi connectivity index (χ1) is 8.30. The number of carbonyl (C=O) groups is 1. The van der Waals surface area contributed by atoms with E-state index in [0.717, 1.165) is 6.07 Å². The summed E-state index contributed by atoms with van der Waals surface area (Å²) in [6, 6.07) is 4.78. The molecule has 0 heterocycles. The Kier molecular flexibility index (Phi) is 4.72. The topological polar surface area (TPSA) is 49.3 Å². The summed E-state index contributed by atoms with van der Waals surface area (Å²) in [7, 11) is 0. The second kappa shape index (κ2) is 5.86. The fourth-order valence-corrected chi connectivity index (χ4v) is 1.39. The minimum atomic E-state index is -4.51. The maximum atomic E-state index is 12.6. The van der Waals surface area contributed by atoms with Crippen molar-refractivity contribution in [3.8, 4) is 0 Å². The number of para-hydroxylation sites is 1. The lowest BCUT2D eigenvalue weighted by molar-refractivity contribution is -0.137. The number of carbonyl (C=O) groups excluding carboxylic acids is 1. The molecule has 1 aromatic rings. The molecule has 1 rings (SSSR count). The van der Waals surface area contributed by atoms with Crippen molar-refractivity contribution in [1.29, 1.82) is 0 Å². The average molecular weight is 261 g/mol. The van der Waals surface area contributed by atoms with E-state index in [2.05, 4.69) is 5.32 Å². The SMILES string of the molecule is CC(O)CCC(=O)Nc1ccccc1C(F)(F)F. The van der Waals surface area contributed by atoms with Crippen LogP contribution in [0.4, 0.5) is 18.9 Å². The molecule has 0 aliphatic rings. The van der Waals surface area contributed by atoms with Gasteiger partial charge >= 0.3 is 6.18 Å².